The van der Waals surface area contributed by atoms with Gasteiger partial charge in [0, 0.05) is 48.8 Å². The molecule has 2 aliphatic heterocycles. The zero-order valence-electron chi connectivity index (χ0n) is 19.3. The molecule has 170 valence electrons. The van der Waals surface area contributed by atoms with Gasteiger partial charge in [0.1, 0.15) is 5.82 Å². The molecule has 0 amide bonds. The molecule has 0 radical (unpaired) electrons. The first-order chi connectivity index (χ1) is 16.7. The predicted molar refractivity (Wildman–Crippen MR) is 136 cm³/mol. The van der Waals surface area contributed by atoms with Crippen LogP contribution < -0.4 is 0 Å². The minimum absolute atomic E-state index is 0.222. The average molecular weight is 450 g/mol. The highest BCUT2D eigenvalue weighted by Gasteiger charge is 2.34. The van der Waals surface area contributed by atoms with Gasteiger partial charge in [-0.05, 0) is 84.3 Å². The second-order valence-corrected chi connectivity index (χ2v) is 9.54. The number of nitrogens with one attached hydrogen (secondary N) is 1. The number of benzene rings is 2. The first-order valence-corrected chi connectivity index (χ1v) is 12.0. The number of aryl methyl sites for hydroxylation is 1. The Bertz CT molecular complexity index is 1320. The predicted octanol–water partition coefficient (Wildman–Crippen LogP) is 6.84. The van der Waals surface area contributed by atoms with Crippen molar-refractivity contribution < 1.29 is 4.39 Å². The Kier molecular flexibility index (Phi) is 5.39. The van der Waals surface area contributed by atoms with Gasteiger partial charge in [-0.3, -0.25) is 9.88 Å². The summed E-state index contributed by atoms with van der Waals surface area (Å²) in [6, 6.07) is 20.3. The van der Waals surface area contributed by atoms with E-state index in [9.17, 15) is 4.39 Å². The molecule has 1 saturated heterocycles. The normalized spacial score (nSPS) is 20.2. The molecule has 2 aromatic carbocycles. The highest BCUT2D eigenvalue weighted by molar-refractivity contribution is 5.91. The zero-order valence-corrected chi connectivity index (χ0v) is 19.3. The number of rotatable bonds is 4. The van der Waals surface area contributed by atoms with Crippen molar-refractivity contribution in [1.82, 2.24) is 14.9 Å². The SMILES string of the molecule is Cc1ccc([C@@H]2C[C@H]3C=C(c4c[nH]c(-c5ccc(F)cc5)c4-c4ccncc4)CCN3C2)cc1. The van der Waals surface area contributed by atoms with Crippen LogP contribution in [-0.2, 0) is 0 Å². The smallest absolute Gasteiger partial charge is 0.123 e. The lowest BCUT2D eigenvalue weighted by Crippen LogP contribution is -2.32. The maximum absolute atomic E-state index is 13.6. The Hall–Kier alpha value is -3.50. The van der Waals surface area contributed by atoms with Crippen molar-refractivity contribution in [3.8, 4) is 22.4 Å². The molecule has 34 heavy (non-hydrogen) atoms. The van der Waals surface area contributed by atoms with Crippen molar-refractivity contribution in [1.29, 1.82) is 0 Å². The summed E-state index contributed by atoms with van der Waals surface area (Å²) in [4.78, 5) is 10.4. The molecule has 4 heteroatoms. The highest BCUT2D eigenvalue weighted by atomic mass is 19.1. The van der Waals surface area contributed by atoms with Crippen LogP contribution in [0.1, 0.15) is 35.4 Å². The van der Waals surface area contributed by atoms with Gasteiger partial charge in [0.15, 0.2) is 0 Å². The molecule has 0 aliphatic carbocycles. The van der Waals surface area contributed by atoms with Crippen molar-refractivity contribution in [2.24, 2.45) is 0 Å². The molecular formula is C30H28FN3. The van der Waals surface area contributed by atoms with Crippen LogP contribution in [0.15, 0.2) is 85.3 Å². The summed E-state index contributed by atoms with van der Waals surface area (Å²) in [5, 5.41) is 0. The molecule has 0 spiro atoms. The molecule has 4 heterocycles. The number of hydrogen-bond donors (Lipinski definition) is 1. The van der Waals surface area contributed by atoms with E-state index in [2.05, 4.69) is 70.5 Å². The average Bonchev–Trinajstić information content (AvgIpc) is 3.50. The molecule has 3 nitrogen and oxygen atoms in total. The monoisotopic (exact) mass is 449 g/mol. The van der Waals surface area contributed by atoms with Crippen LogP contribution >= 0.6 is 0 Å². The lowest BCUT2D eigenvalue weighted by atomic mass is 9.90. The van der Waals surface area contributed by atoms with Crippen molar-refractivity contribution in [3.63, 3.8) is 0 Å². The fourth-order valence-corrected chi connectivity index (χ4v) is 5.59. The quantitative estimate of drug-likeness (QED) is 0.370. The van der Waals surface area contributed by atoms with E-state index in [1.54, 1.807) is 0 Å². The standard InChI is InChI=1S/C30H28FN3/c1-20-2-4-21(5-3-20)25-17-27-16-24(12-15-34(27)19-25)28-18-33-30(23-6-8-26(31)9-7-23)29(28)22-10-13-32-14-11-22/h2-11,13-14,16,18,25,27,33H,12,15,17,19H2,1H3/t25-,27-/m1/s1. The van der Waals surface area contributed by atoms with Gasteiger partial charge >= 0.3 is 0 Å². The summed E-state index contributed by atoms with van der Waals surface area (Å²) in [6.07, 6.45) is 10.5. The van der Waals surface area contributed by atoms with Crippen LogP contribution in [0.3, 0.4) is 0 Å². The minimum Gasteiger partial charge on any atom is -0.360 e. The van der Waals surface area contributed by atoms with Crippen LogP contribution in [0, 0.1) is 12.7 Å². The van der Waals surface area contributed by atoms with Gasteiger partial charge in [-0.1, -0.05) is 35.9 Å². The lowest BCUT2D eigenvalue weighted by molar-refractivity contribution is 0.286. The number of aromatic amines is 1. The van der Waals surface area contributed by atoms with E-state index in [0.717, 1.165) is 42.8 Å². The molecule has 2 aromatic heterocycles. The molecular weight excluding hydrogens is 421 g/mol. The van der Waals surface area contributed by atoms with Gasteiger partial charge in [-0.15, -0.1) is 0 Å². The molecule has 0 bridgehead atoms. The largest absolute Gasteiger partial charge is 0.360 e. The van der Waals surface area contributed by atoms with E-state index in [1.165, 1.54) is 40.0 Å². The summed E-state index contributed by atoms with van der Waals surface area (Å²) in [7, 11) is 0. The third-order valence-electron chi connectivity index (χ3n) is 7.39. The second kappa shape index (κ2) is 8.69. The summed E-state index contributed by atoms with van der Waals surface area (Å²) in [6.45, 7) is 4.35. The second-order valence-electron chi connectivity index (χ2n) is 9.54. The Morgan fingerprint density at radius 1 is 0.941 bits per heavy atom. The number of fused-ring (bicyclic) bond motifs is 1. The van der Waals surface area contributed by atoms with Crippen molar-refractivity contribution >= 4 is 5.57 Å². The van der Waals surface area contributed by atoms with Crippen molar-refractivity contribution in [2.75, 3.05) is 13.1 Å². The molecule has 6 rings (SSSR count). The van der Waals surface area contributed by atoms with Crippen molar-refractivity contribution in [2.45, 2.75) is 31.7 Å². The maximum atomic E-state index is 13.6. The third kappa shape index (κ3) is 3.88. The van der Waals surface area contributed by atoms with E-state index >= 15 is 0 Å². The van der Waals surface area contributed by atoms with E-state index in [4.69, 9.17) is 0 Å². The van der Waals surface area contributed by atoms with Gasteiger partial charge in [-0.2, -0.15) is 0 Å². The van der Waals surface area contributed by atoms with E-state index < -0.39 is 0 Å². The molecule has 2 aliphatic rings. The van der Waals surface area contributed by atoms with Crippen LogP contribution in [0.25, 0.3) is 28.0 Å². The van der Waals surface area contributed by atoms with E-state index in [-0.39, 0.29) is 5.82 Å². The fourth-order valence-electron chi connectivity index (χ4n) is 5.59. The summed E-state index contributed by atoms with van der Waals surface area (Å²) < 4.78 is 13.6. The first-order valence-electron chi connectivity index (χ1n) is 12.0. The Balaban J connectivity index is 1.36. The summed E-state index contributed by atoms with van der Waals surface area (Å²) in [5.41, 5.74) is 9.69. The van der Waals surface area contributed by atoms with Crippen LogP contribution in [0.2, 0.25) is 0 Å². The Morgan fingerprint density at radius 3 is 2.47 bits per heavy atom. The number of pyridine rings is 1. The molecule has 2 atom stereocenters. The molecule has 1 fully saturated rings. The first kappa shape index (κ1) is 21.1. The Morgan fingerprint density at radius 2 is 1.71 bits per heavy atom. The van der Waals surface area contributed by atoms with E-state index in [0.29, 0.717) is 12.0 Å². The molecule has 0 saturated carbocycles. The van der Waals surface area contributed by atoms with Gasteiger partial charge in [0.2, 0.25) is 0 Å². The maximum Gasteiger partial charge on any atom is 0.123 e. The molecule has 0 unspecified atom stereocenters. The minimum atomic E-state index is -0.222. The topological polar surface area (TPSA) is 31.9 Å². The molecule has 4 aromatic rings. The fraction of sp³-hybridized carbons (Fsp3) is 0.233. The Labute approximate surface area is 200 Å². The van der Waals surface area contributed by atoms with Gasteiger partial charge in [0.05, 0.1) is 5.69 Å². The number of H-pyrrole nitrogens is 1. The van der Waals surface area contributed by atoms with Crippen molar-refractivity contribution in [3.05, 3.63) is 108 Å². The zero-order chi connectivity index (χ0) is 23.1. The molecule has 1 N–H and O–H groups in total. The summed E-state index contributed by atoms with van der Waals surface area (Å²) >= 11 is 0. The summed E-state index contributed by atoms with van der Waals surface area (Å²) in [5.74, 6) is 0.363. The number of aromatic nitrogens is 2. The van der Waals surface area contributed by atoms with Gasteiger partial charge in [0.25, 0.3) is 0 Å². The van der Waals surface area contributed by atoms with E-state index in [1.807, 2.05) is 24.5 Å². The van der Waals surface area contributed by atoms with Gasteiger partial charge < -0.3 is 4.98 Å². The number of hydrogen-bond acceptors (Lipinski definition) is 2. The van der Waals surface area contributed by atoms with Gasteiger partial charge in [-0.25, -0.2) is 4.39 Å². The third-order valence-corrected chi connectivity index (χ3v) is 7.39. The van der Waals surface area contributed by atoms with Crippen LogP contribution in [-0.4, -0.2) is 34.0 Å². The van der Waals surface area contributed by atoms with Crippen LogP contribution in [0.5, 0.6) is 0 Å². The lowest BCUT2D eigenvalue weighted by Gasteiger charge is -2.28. The number of halogens is 1. The number of nitrogens with zero attached hydrogens (tertiary/aromatic N) is 2. The highest BCUT2D eigenvalue weighted by Crippen LogP contribution is 2.42. The van der Waals surface area contributed by atoms with Crippen LogP contribution in [0.4, 0.5) is 4.39 Å².